The molecule has 0 amide bonds. The van der Waals surface area contributed by atoms with Crippen molar-refractivity contribution in [3.05, 3.63) is 36.0 Å². The van der Waals surface area contributed by atoms with Crippen LogP contribution in [0.4, 0.5) is 5.69 Å². The Kier molecular flexibility index (Phi) is 3.22. The lowest BCUT2D eigenvalue weighted by Gasteiger charge is -2.25. The van der Waals surface area contributed by atoms with Gasteiger partial charge in [-0.3, -0.25) is 14.1 Å². The Labute approximate surface area is 126 Å². The smallest absolute Gasteiger partial charge is 0.282 e. The molecule has 8 nitrogen and oxygen atoms in total. The third-order valence-corrected chi connectivity index (χ3v) is 4.93. The summed E-state index contributed by atoms with van der Waals surface area (Å²) in [6.07, 6.45) is 4.17. The molecule has 0 bridgehead atoms. The molecule has 1 aromatic heterocycles. The van der Waals surface area contributed by atoms with E-state index in [-0.39, 0.29) is 17.7 Å². The van der Waals surface area contributed by atoms with Gasteiger partial charge in [-0.25, -0.2) is 4.31 Å². The molecule has 0 unspecified atom stereocenters. The summed E-state index contributed by atoms with van der Waals surface area (Å²) in [5, 5.41) is 0.317. The van der Waals surface area contributed by atoms with Gasteiger partial charge in [0.1, 0.15) is 4.90 Å². The van der Waals surface area contributed by atoms with Crippen LogP contribution >= 0.6 is 0 Å². The van der Waals surface area contributed by atoms with E-state index in [0.29, 0.717) is 10.9 Å². The summed E-state index contributed by atoms with van der Waals surface area (Å²) in [5.74, 6) is 0. The van der Waals surface area contributed by atoms with Crippen LogP contribution in [-0.2, 0) is 20.4 Å². The number of aromatic nitrogens is 1. The van der Waals surface area contributed by atoms with Crippen molar-refractivity contribution in [2.45, 2.75) is 4.90 Å². The van der Waals surface area contributed by atoms with Gasteiger partial charge >= 0.3 is 10.3 Å². The Morgan fingerprint density at radius 1 is 1.14 bits per heavy atom. The van der Waals surface area contributed by atoms with Crippen molar-refractivity contribution in [1.29, 1.82) is 0 Å². The Morgan fingerprint density at radius 2 is 1.86 bits per heavy atom. The van der Waals surface area contributed by atoms with Crippen LogP contribution in [0.5, 0.6) is 0 Å². The lowest BCUT2D eigenvalue weighted by atomic mass is 10.1. The van der Waals surface area contributed by atoms with Gasteiger partial charge in [-0.05, 0) is 6.07 Å². The summed E-state index contributed by atoms with van der Waals surface area (Å²) >= 11 is 0. The molecule has 2 N–H and O–H groups in total. The van der Waals surface area contributed by atoms with E-state index in [4.69, 9.17) is 4.55 Å². The van der Waals surface area contributed by atoms with Gasteiger partial charge < -0.3 is 0 Å². The first-order chi connectivity index (χ1) is 10.2. The molecule has 0 saturated heterocycles. The lowest BCUT2D eigenvalue weighted by Crippen LogP contribution is -2.32. The van der Waals surface area contributed by atoms with Gasteiger partial charge in [-0.2, -0.15) is 16.8 Å². The van der Waals surface area contributed by atoms with Crippen molar-refractivity contribution in [1.82, 2.24) is 4.98 Å². The Balaban J connectivity index is 2.35. The van der Waals surface area contributed by atoms with Gasteiger partial charge in [-0.15, -0.1) is 0 Å². The van der Waals surface area contributed by atoms with Crippen LogP contribution in [0.1, 0.15) is 5.56 Å². The van der Waals surface area contributed by atoms with E-state index in [0.717, 1.165) is 10.5 Å². The number of hydrogen-bond acceptors (Lipinski definition) is 5. The normalized spacial score (nSPS) is 15.1. The number of pyridine rings is 1. The first-order valence-electron chi connectivity index (χ1n) is 6.00. The molecule has 1 aromatic carbocycles. The number of benzene rings is 1. The standard InChI is InChI=1S/C12H10N2O6S2/c15-21(16,17)10-6-9-4-3-8-2-1-5-14(22(18,19)20)12(8)11(9)13-7-10/h1-4,6-7H,5H2,(H,15,16,17)(H,18,19,20). The highest BCUT2D eigenvalue weighted by Crippen LogP contribution is 2.35. The summed E-state index contributed by atoms with van der Waals surface area (Å²) in [6, 6.07) is 4.30. The van der Waals surface area contributed by atoms with Crippen LogP contribution < -0.4 is 4.31 Å². The molecule has 2 heterocycles. The molecule has 2 aromatic rings. The zero-order valence-corrected chi connectivity index (χ0v) is 12.5. The van der Waals surface area contributed by atoms with E-state index in [1.807, 2.05) is 0 Å². The summed E-state index contributed by atoms with van der Waals surface area (Å²) < 4.78 is 64.4. The molecule has 1 aliphatic rings. The minimum absolute atomic E-state index is 0.0628. The quantitative estimate of drug-likeness (QED) is 0.783. The fraction of sp³-hybridized carbons (Fsp3) is 0.0833. The van der Waals surface area contributed by atoms with Gasteiger partial charge in [0.25, 0.3) is 10.1 Å². The number of hydrogen-bond donors (Lipinski definition) is 2. The Bertz CT molecular complexity index is 1010. The van der Waals surface area contributed by atoms with Gasteiger partial charge in [0.2, 0.25) is 0 Å². The fourth-order valence-electron chi connectivity index (χ4n) is 2.30. The zero-order chi connectivity index (χ0) is 16.1. The highest BCUT2D eigenvalue weighted by molar-refractivity contribution is 7.87. The average Bonchev–Trinajstić information content (AvgIpc) is 2.43. The maximum Gasteiger partial charge on any atom is 0.360 e. The largest absolute Gasteiger partial charge is 0.360 e. The predicted octanol–water partition coefficient (Wildman–Crippen LogP) is 1.12. The highest BCUT2D eigenvalue weighted by atomic mass is 32.2. The molecule has 0 atom stereocenters. The van der Waals surface area contributed by atoms with Crippen LogP contribution in [-0.4, -0.2) is 37.5 Å². The van der Waals surface area contributed by atoms with Crippen LogP contribution in [0.15, 0.2) is 35.4 Å². The van der Waals surface area contributed by atoms with E-state index < -0.39 is 25.3 Å². The van der Waals surface area contributed by atoms with E-state index in [1.165, 1.54) is 6.07 Å². The molecule has 10 heteroatoms. The Hall–Kier alpha value is -2.01. The number of anilines is 1. The molecular weight excluding hydrogens is 332 g/mol. The highest BCUT2D eigenvalue weighted by Gasteiger charge is 2.26. The van der Waals surface area contributed by atoms with Crippen molar-refractivity contribution in [2.24, 2.45) is 0 Å². The molecular formula is C12H10N2O6S2. The molecule has 1 aliphatic heterocycles. The van der Waals surface area contributed by atoms with E-state index in [1.54, 1.807) is 24.3 Å². The predicted molar refractivity (Wildman–Crippen MR) is 79.5 cm³/mol. The molecule has 22 heavy (non-hydrogen) atoms. The van der Waals surface area contributed by atoms with Crippen molar-refractivity contribution in [2.75, 3.05) is 10.8 Å². The van der Waals surface area contributed by atoms with Crippen LogP contribution in [0.25, 0.3) is 17.0 Å². The maximum absolute atomic E-state index is 11.5. The Morgan fingerprint density at radius 3 is 2.50 bits per heavy atom. The van der Waals surface area contributed by atoms with Gasteiger partial charge in [-0.1, -0.05) is 24.3 Å². The molecule has 3 rings (SSSR count). The molecule has 0 spiro atoms. The average molecular weight is 342 g/mol. The minimum Gasteiger partial charge on any atom is -0.282 e. The second-order valence-corrected chi connectivity index (χ2v) is 7.39. The van der Waals surface area contributed by atoms with Crippen molar-refractivity contribution >= 4 is 43.1 Å². The first kappa shape index (κ1) is 14.9. The van der Waals surface area contributed by atoms with Crippen molar-refractivity contribution in [3.8, 4) is 0 Å². The van der Waals surface area contributed by atoms with Gasteiger partial charge in [0.15, 0.2) is 0 Å². The lowest BCUT2D eigenvalue weighted by molar-refractivity contribution is 0.478. The summed E-state index contributed by atoms with van der Waals surface area (Å²) in [6.45, 7) is -0.0628. The monoisotopic (exact) mass is 342 g/mol. The van der Waals surface area contributed by atoms with E-state index >= 15 is 0 Å². The maximum atomic E-state index is 11.5. The summed E-state index contributed by atoms with van der Waals surface area (Å²) in [7, 11) is -8.91. The molecule has 116 valence electrons. The second kappa shape index (κ2) is 4.74. The summed E-state index contributed by atoms with van der Waals surface area (Å²) in [5.41, 5.74) is 0.875. The van der Waals surface area contributed by atoms with Crippen LogP contribution in [0.2, 0.25) is 0 Å². The minimum atomic E-state index is -4.49. The van der Waals surface area contributed by atoms with Gasteiger partial charge in [0.05, 0.1) is 17.7 Å². The number of fused-ring (bicyclic) bond motifs is 3. The second-order valence-electron chi connectivity index (χ2n) is 4.63. The first-order valence-corrected chi connectivity index (χ1v) is 8.83. The number of rotatable bonds is 2. The summed E-state index contributed by atoms with van der Waals surface area (Å²) in [4.78, 5) is 3.54. The topological polar surface area (TPSA) is 125 Å². The molecule has 0 aliphatic carbocycles. The molecule has 0 radical (unpaired) electrons. The van der Waals surface area contributed by atoms with Crippen LogP contribution in [0.3, 0.4) is 0 Å². The number of nitrogens with zero attached hydrogens (tertiary/aromatic N) is 2. The van der Waals surface area contributed by atoms with E-state index in [9.17, 15) is 21.4 Å². The van der Waals surface area contributed by atoms with Crippen molar-refractivity contribution in [3.63, 3.8) is 0 Å². The fourth-order valence-corrected chi connectivity index (χ4v) is 3.45. The molecule has 0 saturated carbocycles. The van der Waals surface area contributed by atoms with E-state index in [2.05, 4.69) is 4.98 Å². The SMILES string of the molecule is O=S(=O)(O)c1cnc2c3c(ccc2c1)C=CCN3S(=O)(=O)O. The van der Waals surface area contributed by atoms with Crippen LogP contribution in [0, 0.1) is 0 Å². The molecule has 0 fully saturated rings. The third kappa shape index (κ3) is 2.46. The third-order valence-electron chi connectivity index (χ3n) is 3.23. The van der Waals surface area contributed by atoms with Gasteiger partial charge in [0, 0.05) is 17.1 Å². The zero-order valence-electron chi connectivity index (χ0n) is 10.9. The van der Waals surface area contributed by atoms with Crippen molar-refractivity contribution < 1.29 is 25.9 Å².